The van der Waals surface area contributed by atoms with Crippen LogP contribution in [0.3, 0.4) is 0 Å². The van der Waals surface area contributed by atoms with Crippen LogP contribution in [0.4, 0.5) is 11.5 Å². The van der Waals surface area contributed by atoms with Gasteiger partial charge in [0.2, 0.25) is 5.91 Å². The molecule has 0 radical (unpaired) electrons. The third-order valence-corrected chi connectivity index (χ3v) is 7.50. The number of hydrogen-bond acceptors (Lipinski definition) is 6. The molecular formula is C31H36N4O4. The Morgan fingerprint density at radius 2 is 1.82 bits per heavy atom. The van der Waals surface area contributed by atoms with Crippen molar-refractivity contribution in [3.05, 3.63) is 60.3 Å². The van der Waals surface area contributed by atoms with Crippen LogP contribution in [0.1, 0.15) is 63.7 Å². The molecule has 39 heavy (non-hydrogen) atoms. The van der Waals surface area contributed by atoms with E-state index in [2.05, 4.69) is 6.92 Å². The Morgan fingerprint density at radius 3 is 2.49 bits per heavy atom. The van der Waals surface area contributed by atoms with Gasteiger partial charge in [0.05, 0.1) is 12.3 Å². The first-order valence-corrected chi connectivity index (χ1v) is 13.7. The monoisotopic (exact) mass is 528 g/mol. The SMILES string of the molecule is CCOC(=O)c1cn(-c2ccc(-c3cc4ccc(N)cc4o3)cc2)nc1N(C(=O)C1CCC(C)CC1)C(C)C. The Hall–Kier alpha value is -4.07. The van der Waals surface area contributed by atoms with Crippen LogP contribution in [0, 0.1) is 11.8 Å². The van der Waals surface area contributed by atoms with E-state index in [1.807, 2.05) is 62.4 Å². The molecule has 8 heteroatoms. The number of furan rings is 1. The first-order chi connectivity index (χ1) is 18.7. The third kappa shape index (κ3) is 5.41. The zero-order chi connectivity index (χ0) is 27.7. The van der Waals surface area contributed by atoms with E-state index in [9.17, 15) is 9.59 Å². The maximum Gasteiger partial charge on any atom is 0.343 e. The Balaban J connectivity index is 1.48. The van der Waals surface area contributed by atoms with Crippen LogP contribution in [0.2, 0.25) is 0 Å². The van der Waals surface area contributed by atoms with E-state index >= 15 is 0 Å². The summed E-state index contributed by atoms with van der Waals surface area (Å²) in [5, 5.41) is 5.74. The van der Waals surface area contributed by atoms with E-state index in [1.165, 1.54) is 0 Å². The highest BCUT2D eigenvalue weighted by atomic mass is 16.5. The van der Waals surface area contributed by atoms with Gasteiger partial charge in [-0.2, -0.15) is 0 Å². The molecule has 0 bridgehead atoms. The molecule has 0 atom stereocenters. The van der Waals surface area contributed by atoms with Crippen molar-refractivity contribution in [2.75, 3.05) is 17.2 Å². The molecule has 2 heterocycles. The van der Waals surface area contributed by atoms with Gasteiger partial charge < -0.3 is 14.9 Å². The number of aromatic nitrogens is 2. The average Bonchev–Trinajstić information content (AvgIpc) is 3.54. The Labute approximate surface area is 228 Å². The molecule has 0 unspecified atom stereocenters. The normalized spacial score (nSPS) is 17.5. The fourth-order valence-corrected chi connectivity index (χ4v) is 5.30. The highest BCUT2D eigenvalue weighted by molar-refractivity contribution is 6.02. The Bertz CT molecular complexity index is 1480. The lowest BCUT2D eigenvalue weighted by Crippen LogP contribution is -2.43. The van der Waals surface area contributed by atoms with Crippen LogP contribution in [-0.4, -0.2) is 34.3 Å². The van der Waals surface area contributed by atoms with Gasteiger partial charge in [0.1, 0.15) is 16.9 Å². The number of nitrogen functional groups attached to an aromatic ring is 1. The molecule has 2 N–H and O–H groups in total. The van der Waals surface area contributed by atoms with E-state index in [-0.39, 0.29) is 30.0 Å². The number of benzene rings is 2. The van der Waals surface area contributed by atoms with Gasteiger partial charge in [0.15, 0.2) is 5.82 Å². The fraction of sp³-hybridized carbons (Fsp3) is 0.387. The molecule has 204 valence electrons. The summed E-state index contributed by atoms with van der Waals surface area (Å²) in [6.07, 6.45) is 5.43. The Morgan fingerprint density at radius 1 is 1.10 bits per heavy atom. The highest BCUT2D eigenvalue weighted by Gasteiger charge is 2.34. The summed E-state index contributed by atoms with van der Waals surface area (Å²) in [6, 6.07) is 15.1. The van der Waals surface area contributed by atoms with Crippen molar-refractivity contribution in [3.8, 4) is 17.0 Å². The van der Waals surface area contributed by atoms with Crippen molar-refractivity contribution in [1.29, 1.82) is 0 Å². The molecule has 1 amide bonds. The minimum absolute atomic E-state index is 0.0218. The molecule has 2 aromatic heterocycles. The van der Waals surface area contributed by atoms with Gasteiger partial charge in [-0.05, 0) is 94.8 Å². The second-order valence-electron chi connectivity index (χ2n) is 10.7. The van der Waals surface area contributed by atoms with Crippen molar-refractivity contribution < 1.29 is 18.7 Å². The van der Waals surface area contributed by atoms with Gasteiger partial charge in [-0.3, -0.25) is 9.69 Å². The van der Waals surface area contributed by atoms with Crippen LogP contribution >= 0.6 is 0 Å². The van der Waals surface area contributed by atoms with Crippen molar-refractivity contribution in [1.82, 2.24) is 9.78 Å². The number of fused-ring (bicyclic) bond motifs is 1. The van der Waals surface area contributed by atoms with Crippen molar-refractivity contribution >= 4 is 34.4 Å². The standard InChI is InChI=1S/C31H36N4O4/c1-5-38-31(37)26-18-34(33-29(26)35(19(2)3)30(36)22-8-6-20(4)7-9-22)25-14-11-21(12-15-25)27-16-23-10-13-24(32)17-28(23)39-27/h10-20,22H,5-9,32H2,1-4H3. The molecule has 1 aliphatic carbocycles. The van der Waals surface area contributed by atoms with Crippen LogP contribution in [0.15, 0.2) is 59.1 Å². The molecule has 0 aliphatic heterocycles. The summed E-state index contributed by atoms with van der Waals surface area (Å²) >= 11 is 0. The number of carbonyl (C=O) groups is 2. The number of amides is 1. The lowest BCUT2D eigenvalue weighted by molar-refractivity contribution is -0.124. The zero-order valence-corrected chi connectivity index (χ0v) is 23.0. The summed E-state index contributed by atoms with van der Waals surface area (Å²) in [5.74, 6) is 1.17. The first-order valence-electron chi connectivity index (χ1n) is 13.7. The van der Waals surface area contributed by atoms with Crippen molar-refractivity contribution in [2.24, 2.45) is 11.8 Å². The largest absolute Gasteiger partial charge is 0.462 e. The van der Waals surface area contributed by atoms with E-state index in [0.717, 1.165) is 53.7 Å². The predicted octanol–water partition coefficient (Wildman–Crippen LogP) is 6.61. The quantitative estimate of drug-likeness (QED) is 0.214. The van der Waals surface area contributed by atoms with Gasteiger partial charge in [-0.25, -0.2) is 9.48 Å². The van der Waals surface area contributed by atoms with E-state index < -0.39 is 5.97 Å². The lowest BCUT2D eigenvalue weighted by Gasteiger charge is -2.32. The molecule has 4 aromatic rings. The van der Waals surface area contributed by atoms with Gasteiger partial charge in [0.25, 0.3) is 0 Å². The number of anilines is 2. The number of hydrogen-bond donors (Lipinski definition) is 1. The molecule has 1 fully saturated rings. The number of nitrogens with zero attached hydrogens (tertiary/aromatic N) is 3. The van der Waals surface area contributed by atoms with E-state index in [1.54, 1.807) is 22.7 Å². The van der Waals surface area contributed by atoms with Gasteiger partial charge in [0, 0.05) is 40.9 Å². The summed E-state index contributed by atoms with van der Waals surface area (Å²) < 4.78 is 13.0. The van der Waals surface area contributed by atoms with Gasteiger partial charge in [-0.1, -0.05) is 6.92 Å². The Kier molecular flexibility index (Phi) is 7.46. The van der Waals surface area contributed by atoms with Gasteiger partial charge in [-0.15, -0.1) is 5.10 Å². The molecule has 1 aliphatic rings. The summed E-state index contributed by atoms with van der Waals surface area (Å²) in [7, 11) is 0. The smallest absolute Gasteiger partial charge is 0.343 e. The van der Waals surface area contributed by atoms with E-state index in [0.29, 0.717) is 17.4 Å². The maximum atomic E-state index is 13.7. The second-order valence-corrected chi connectivity index (χ2v) is 10.7. The van der Waals surface area contributed by atoms with Crippen LogP contribution < -0.4 is 10.6 Å². The number of esters is 1. The summed E-state index contributed by atoms with van der Waals surface area (Å²) in [5.41, 5.74) is 9.20. The maximum absolute atomic E-state index is 13.7. The summed E-state index contributed by atoms with van der Waals surface area (Å²) in [6.45, 7) is 8.13. The van der Waals surface area contributed by atoms with Crippen molar-refractivity contribution in [2.45, 2.75) is 59.4 Å². The number of rotatable bonds is 7. The van der Waals surface area contributed by atoms with Crippen LogP contribution in [0.25, 0.3) is 28.0 Å². The molecular weight excluding hydrogens is 492 g/mol. The second kappa shape index (κ2) is 11.0. The van der Waals surface area contributed by atoms with Crippen molar-refractivity contribution in [3.63, 3.8) is 0 Å². The van der Waals surface area contributed by atoms with Crippen LogP contribution in [0.5, 0.6) is 0 Å². The molecule has 0 saturated heterocycles. The predicted molar refractivity (Wildman–Crippen MR) is 153 cm³/mol. The number of ether oxygens (including phenoxy) is 1. The minimum Gasteiger partial charge on any atom is -0.462 e. The highest BCUT2D eigenvalue weighted by Crippen LogP contribution is 2.34. The van der Waals surface area contributed by atoms with E-state index in [4.69, 9.17) is 20.0 Å². The molecule has 8 nitrogen and oxygen atoms in total. The molecule has 0 spiro atoms. The average molecular weight is 529 g/mol. The molecule has 5 rings (SSSR count). The van der Waals surface area contributed by atoms with Crippen LogP contribution in [-0.2, 0) is 9.53 Å². The lowest BCUT2D eigenvalue weighted by atomic mass is 9.82. The fourth-order valence-electron chi connectivity index (χ4n) is 5.30. The minimum atomic E-state index is -0.493. The third-order valence-electron chi connectivity index (χ3n) is 7.50. The number of carbonyl (C=O) groups excluding carboxylic acids is 2. The topological polar surface area (TPSA) is 104 Å². The molecule has 1 saturated carbocycles. The van der Waals surface area contributed by atoms with Gasteiger partial charge >= 0.3 is 5.97 Å². The number of nitrogens with two attached hydrogens (primary N) is 1. The molecule has 2 aromatic carbocycles. The zero-order valence-electron chi connectivity index (χ0n) is 23.0. The summed E-state index contributed by atoms with van der Waals surface area (Å²) in [4.78, 5) is 28.4. The first kappa shape index (κ1) is 26.5.